The summed E-state index contributed by atoms with van der Waals surface area (Å²) in [5.41, 5.74) is 8.74. The summed E-state index contributed by atoms with van der Waals surface area (Å²) in [6, 6.07) is 4.64. The highest BCUT2D eigenvalue weighted by molar-refractivity contribution is 5.72. The van der Waals surface area contributed by atoms with Gasteiger partial charge >= 0.3 is 0 Å². The molecular formula is C26H31N3O3. The smallest absolute Gasteiger partial charge is 0.299 e. The van der Waals surface area contributed by atoms with Gasteiger partial charge in [-0.2, -0.15) is 0 Å². The molecule has 0 spiro atoms. The minimum atomic E-state index is -0.283. The van der Waals surface area contributed by atoms with Gasteiger partial charge in [0, 0.05) is 25.8 Å². The number of carbonyl (C=O) groups excluding carboxylic acids is 1. The average Bonchev–Trinajstić information content (AvgIpc) is 3.00. The number of H-pyrrole nitrogens is 1. The normalized spacial score (nSPS) is 18.1. The van der Waals surface area contributed by atoms with Crippen LogP contribution in [0.25, 0.3) is 12.2 Å². The van der Waals surface area contributed by atoms with Gasteiger partial charge < -0.3 is 9.64 Å². The van der Waals surface area contributed by atoms with Gasteiger partial charge in [0.25, 0.3) is 12.0 Å². The minimum absolute atomic E-state index is 0.111. The summed E-state index contributed by atoms with van der Waals surface area (Å²) in [5, 5.41) is 2.69. The molecule has 168 valence electrons. The molecule has 2 aliphatic rings. The molecule has 0 fully saturated rings. The Bertz CT molecular complexity index is 1160. The number of aromatic nitrogens is 2. The van der Waals surface area contributed by atoms with Gasteiger partial charge in [0.15, 0.2) is 0 Å². The third-order valence-corrected chi connectivity index (χ3v) is 6.84. The molecule has 2 aliphatic heterocycles. The first kappa shape index (κ1) is 22.0. The van der Waals surface area contributed by atoms with E-state index in [1.165, 1.54) is 33.1 Å². The van der Waals surface area contributed by atoms with Crippen molar-refractivity contribution in [1.82, 2.24) is 9.78 Å². The molecule has 0 saturated carbocycles. The monoisotopic (exact) mass is 433 g/mol. The summed E-state index contributed by atoms with van der Waals surface area (Å²) < 4.78 is 6.09. The number of anilines is 1. The molecule has 3 heterocycles. The molecule has 6 nitrogen and oxygen atoms in total. The lowest BCUT2D eigenvalue weighted by atomic mass is 9.69. The number of hydrogen-bond donors (Lipinski definition) is 1. The van der Waals surface area contributed by atoms with Crippen LogP contribution in [0.3, 0.4) is 0 Å². The van der Waals surface area contributed by atoms with Crippen LogP contribution in [0.4, 0.5) is 5.69 Å². The number of ether oxygens (including phenoxy) is 1. The van der Waals surface area contributed by atoms with Gasteiger partial charge in [-0.25, -0.2) is 0 Å². The molecule has 0 unspecified atom stereocenters. The maximum atomic E-state index is 12.1. The van der Waals surface area contributed by atoms with Gasteiger partial charge in [-0.05, 0) is 64.6 Å². The Morgan fingerprint density at radius 3 is 2.31 bits per heavy atom. The molecule has 0 bridgehead atoms. The van der Waals surface area contributed by atoms with Gasteiger partial charge in [-0.1, -0.05) is 39.8 Å². The summed E-state index contributed by atoms with van der Waals surface area (Å²) in [4.78, 5) is 25.3. The van der Waals surface area contributed by atoms with Crippen molar-refractivity contribution in [2.45, 2.75) is 51.4 Å². The maximum absolute atomic E-state index is 12.1. The number of nitrogens with one attached hydrogen (secondary N) is 1. The van der Waals surface area contributed by atoms with Crippen molar-refractivity contribution >= 4 is 24.3 Å². The lowest BCUT2D eigenvalue weighted by Gasteiger charge is -2.48. The Morgan fingerprint density at radius 1 is 1.09 bits per heavy atom. The first-order valence-electron chi connectivity index (χ1n) is 11.1. The van der Waals surface area contributed by atoms with E-state index in [0.29, 0.717) is 6.47 Å². The number of benzene rings is 1. The van der Waals surface area contributed by atoms with E-state index in [2.05, 4.69) is 61.6 Å². The third-order valence-electron chi connectivity index (χ3n) is 6.84. The summed E-state index contributed by atoms with van der Waals surface area (Å²) in [5.74, 6) is 0.111. The van der Waals surface area contributed by atoms with Gasteiger partial charge in [0.1, 0.15) is 5.56 Å². The second-order valence-electron chi connectivity index (χ2n) is 9.99. The molecule has 0 radical (unpaired) electrons. The van der Waals surface area contributed by atoms with Crippen LogP contribution in [0.5, 0.6) is 5.88 Å². The van der Waals surface area contributed by atoms with Crippen LogP contribution >= 0.6 is 0 Å². The van der Waals surface area contributed by atoms with Crippen molar-refractivity contribution in [3.8, 4) is 5.88 Å². The van der Waals surface area contributed by atoms with Crippen LogP contribution in [-0.2, 0) is 22.7 Å². The zero-order chi connectivity index (χ0) is 23.1. The number of hydrogen-bond acceptors (Lipinski definition) is 4. The van der Waals surface area contributed by atoms with Crippen LogP contribution in [0, 0.1) is 0 Å². The number of allylic oxidation sites excluding steroid dienone is 2. The van der Waals surface area contributed by atoms with E-state index in [1.54, 1.807) is 13.1 Å². The summed E-state index contributed by atoms with van der Waals surface area (Å²) in [7, 11) is 1.56. The van der Waals surface area contributed by atoms with Gasteiger partial charge in [-0.15, -0.1) is 5.73 Å². The fourth-order valence-electron chi connectivity index (χ4n) is 4.71. The van der Waals surface area contributed by atoms with Gasteiger partial charge in [-0.3, -0.25) is 19.4 Å². The molecule has 1 N–H and O–H groups in total. The number of carbonyl (C=O) groups is 1. The lowest BCUT2D eigenvalue weighted by Crippen LogP contribution is -2.44. The molecular weight excluding hydrogens is 402 g/mol. The standard InChI is InChI=1S/C26H31N3O3/c1-25(2)11-13-29-14-12-26(3,4)21-16-18(15-20(25)22(21)29)9-7-6-8-10-19-23(32-17-30)27-28(5)24(19)31/h6-7,9-10,15-17,27H,11-14H2,1-5H3/b9-7+. The highest BCUT2D eigenvalue weighted by Gasteiger charge is 2.39. The Morgan fingerprint density at radius 2 is 1.72 bits per heavy atom. The summed E-state index contributed by atoms with van der Waals surface area (Å²) in [6.45, 7) is 11.9. The second kappa shape index (κ2) is 8.03. The second-order valence-corrected chi connectivity index (χ2v) is 9.99. The average molecular weight is 434 g/mol. The molecule has 2 aromatic rings. The topological polar surface area (TPSA) is 67.3 Å². The van der Waals surface area contributed by atoms with E-state index in [4.69, 9.17) is 4.74 Å². The maximum Gasteiger partial charge on any atom is 0.299 e. The highest BCUT2D eigenvalue weighted by Crippen LogP contribution is 2.49. The Kier molecular flexibility index (Phi) is 5.51. The van der Waals surface area contributed by atoms with E-state index in [9.17, 15) is 9.59 Å². The lowest BCUT2D eigenvalue weighted by molar-refractivity contribution is -0.121. The Balaban J connectivity index is 1.67. The van der Waals surface area contributed by atoms with E-state index in [-0.39, 0.29) is 27.8 Å². The van der Waals surface area contributed by atoms with Gasteiger partial charge in [0.05, 0.1) is 0 Å². The zero-order valence-electron chi connectivity index (χ0n) is 19.5. The van der Waals surface area contributed by atoms with Crippen molar-refractivity contribution < 1.29 is 9.53 Å². The highest BCUT2D eigenvalue weighted by atomic mass is 16.5. The van der Waals surface area contributed by atoms with Crippen molar-refractivity contribution in [2.24, 2.45) is 7.05 Å². The first-order chi connectivity index (χ1) is 15.1. The number of nitrogens with zero attached hydrogens (tertiary/aromatic N) is 2. The van der Waals surface area contributed by atoms with Crippen LogP contribution in [0.15, 0.2) is 34.8 Å². The fourth-order valence-corrected chi connectivity index (χ4v) is 4.71. The van der Waals surface area contributed by atoms with E-state index < -0.39 is 0 Å². The molecule has 1 aromatic heterocycles. The Labute approximate surface area is 188 Å². The predicted octanol–water partition coefficient (Wildman–Crippen LogP) is 4.30. The molecule has 6 heteroatoms. The summed E-state index contributed by atoms with van der Waals surface area (Å²) in [6.07, 6.45) is 9.59. The largest absolute Gasteiger partial charge is 0.409 e. The minimum Gasteiger partial charge on any atom is -0.409 e. The summed E-state index contributed by atoms with van der Waals surface area (Å²) >= 11 is 0. The zero-order valence-corrected chi connectivity index (χ0v) is 19.5. The van der Waals surface area contributed by atoms with Crippen molar-refractivity contribution in [1.29, 1.82) is 0 Å². The molecule has 4 rings (SSSR count). The molecule has 0 atom stereocenters. The first-order valence-corrected chi connectivity index (χ1v) is 11.1. The van der Waals surface area contributed by atoms with Crippen molar-refractivity contribution in [2.75, 3.05) is 18.0 Å². The van der Waals surface area contributed by atoms with E-state index >= 15 is 0 Å². The van der Waals surface area contributed by atoms with Crippen LogP contribution in [0.2, 0.25) is 0 Å². The molecule has 0 saturated heterocycles. The Hall–Kier alpha value is -3.24. The molecule has 1 aromatic carbocycles. The van der Waals surface area contributed by atoms with E-state index in [1.807, 2.05) is 6.08 Å². The van der Waals surface area contributed by atoms with Gasteiger partial charge in [0.2, 0.25) is 5.88 Å². The van der Waals surface area contributed by atoms with Crippen LogP contribution < -0.4 is 15.2 Å². The molecule has 32 heavy (non-hydrogen) atoms. The molecule has 0 aliphatic carbocycles. The number of aryl methyl sites for hydroxylation is 1. The molecule has 0 amide bonds. The van der Waals surface area contributed by atoms with Crippen molar-refractivity contribution in [3.63, 3.8) is 0 Å². The third kappa shape index (κ3) is 3.87. The fraction of sp³-hybridized carbons (Fsp3) is 0.423. The van der Waals surface area contributed by atoms with E-state index in [0.717, 1.165) is 25.9 Å². The quantitative estimate of drug-likeness (QED) is 0.434. The number of aromatic amines is 1. The van der Waals surface area contributed by atoms with Crippen LogP contribution in [0.1, 0.15) is 62.8 Å². The van der Waals surface area contributed by atoms with Crippen LogP contribution in [-0.4, -0.2) is 29.3 Å². The predicted molar refractivity (Wildman–Crippen MR) is 128 cm³/mol. The number of rotatable bonds is 5. The van der Waals surface area contributed by atoms with Crippen molar-refractivity contribution in [3.05, 3.63) is 62.6 Å². The SMILES string of the molecule is Cn1[nH]c(OC=O)c(C=C=C/C=C/c2cc3c4c(c2)C(C)(C)CCN4CCC3(C)C)c1=O.